The Kier molecular flexibility index (Phi) is 2.22. The van der Waals surface area contributed by atoms with E-state index in [1.807, 2.05) is 6.07 Å². The van der Waals surface area contributed by atoms with Crippen LogP contribution in [0.4, 0.5) is 4.39 Å². The Balaban J connectivity index is 2.77. The van der Waals surface area contributed by atoms with Gasteiger partial charge < -0.3 is 0 Å². The van der Waals surface area contributed by atoms with Crippen molar-refractivity contribution < 1.29 is 4.39 Å². The Morgan fingerprint density at radius 2 is 2.36 bits per heavy atom. The number of fused-ring (bicyclic) bond motifs is 1. The average Bonchev–Trinajstić information content (AvgIpc) is 2.57. The Hall–Kier alpha value is -1.41. The topological polar surface area (TPSA) is 52.5 Å². The molecule has 1 N–H and O–H groups in total. The van der Waals surface area contributed by atoms with Crippen LogP contribution in [0.3, 0.4) is 0 Å². The molecule has 2 aromatic rings. The number of halogens is 2. The van der Waals surface area contributed by atoms with Crippen LogP contribution >= 0.6 is 15.9 Å². The van der Waals surface area contributed by atoms with Gasteiger partial charge in [0, 0.05) is 0 Å². The van der Waals surface area contributed by atoms with Gasteiger partial charge in [0.25, 0.3) is 0 Å². The minimum atomic E-state index is -0.374. The molecule has 0 unspecified atom stereocenters. The molecule has 3 nitrogen and oxygen atoms in total. The van der Waals surface area contributed by atoms with Crippen LogP contribution in [0.2, 0.25) is 0 Å². The molecule has 0 spiro atoms. The van der Waals surface area contributed by atoms with Crippen molar-refractivity contribution in [3.8, 4) is 6.07 Å². The minimum absolute atomic E-state index is 0.129. The van der Waals surface area contributed by atoms with E-state index < -0.39 is 0 Å². The third-order valence-corrected chi connectivity index (χ3v) is 2.55. The summed E-state index contributed by atoms with van der Waals surface area (Å²) in [7, 11) is 0. The van der Waals surface area contributed by atoms with E-state index in [2.05, 4.69) is 26.1 Å². The monoisotopic (exact) mass is 253 g/mol. The summed E-state index contributed by atoms with van der Waals surface area (Å²) in [5.74, 6) is -0.374. The summed E-state index contributed by atoms with van der Waals surface area (Å²) in [6, 6.07) is 5.24. The fraction of sp³-hybridized carbons (Fsp3) is 0.111. The highest BCUT2D eigenvalue weighted by Gasteiger charge is 2.12. The van der Waals surface area contributed by atoms with Gasteiger partial charge in [-0.2, -0.15) is 10.4 Å². The van der Waals surface area contributed by atoms with Crippen molar-refractivity contribution in [2.45, 2.75) is 6.42 Å². The molecule has 0 amide bonds. The van der Waals surface area contributed by atoms with Crippen molar-refractivity contribution in [2.24, 2.45) is 0 Å². The van der Waals surface area contributed by atoms with Crippen LogP contribution in [0, 0.1) is 17.1 Å². The highest BCUT2D eigenvalue weighted by atomic mass is 79.9. The van der Waals surface area contributed by atoms with Crippen LogP contribution in [-0.2, 0) is 6.42 Å². The van der Waals surface area contributed by atoms with Crippen molar-refractivity contribution in [2.75, 3.05) is 0 Å². The van der Waals surface area contributed by atoms with E-state index >= 15 is 0 Å². The lowest BCUT2D eigenvalue weighted by Crippen LogP contribution is -1.85. The van der Waals surface area contributed by atoms with E-state index in [1.54, 1.807) is 12.1 Å². The number of nitriles is 1. The summed E-state index contributed by atoms with van der Waals surface area (Å²) in [6.07, 6.45) is 0.129. The molecule has 70 valence electrons. The second-order valence-corrected chi connectivity index (χ2v) is 3.65. The normalized spacial score (nSPS) is 10.4. The Morgan fingerprint density at radius 1 is 1.57 bits per heavy atom. The molecule has 1 heterocycles. The van der Waals surface area contributed by atoms with Crippen LogP contribution in [0.5, 0.6) is 0 Å². The molecule has 0 fully saturated rings. The lowest BCUT2D eigenvalue weighted by atomic mass is 10.1. The maximum absolute atomic E-state index is 13.6. The van der Waals surface area contributed by atoms with Gasteiger partial charge in [0.15, 0.2) is 0 Å². The maximum atomic E-state index is 13.6. The number of aromatic nitrogens is 2. The number of rotatable bonds is 1. The number of nitrogens with one attached hydrogen (secondary N) is 1. The predicted molar refractivity (Wildman–Crippen MR) is 53.1 cm³/mol. The first-order valence-corrected chi connectivity index (χ1v) is 4.71. The van der Waals surface area contributed by atoms with Crippen molar-refractivity contribution >= 4 is 26.8 Å². The van der Waals surface area contributed by atoms with Crippen molar-refractivity contribution in [1.29, 1.82) is 5.26 Å². The molecular weight excluding hydrogens is 249 g/mol. The van der Waals surface area contributed by atoms with Crippen molar-refractivity contribution in [1.82, 2.24) is 10.2 Å². The van der Waals surface area contributed by atoms with E-state index in [1.165, 1.54) is 0 Å². The largest absolute Gasteiger partial charge is 0.280 e. The van der Waals surface area contributed by atoms with Gasteiger partial charge in [0.1, 0.15) is 5.82 Å². The highest BCUT2D eigenvalue weighted by molar-refractivity contribution is 9.10. The van der Waals surface area contributed by atoms with E-state index in [9.17, 15) is 4.39 Å². The van der Waals surface area contributed by atoms with Gasteiger partial charge in [0.2, 0.25) is 0 Å². The van der Waals surface area contributed by atoms with Crippen LogP contribution < -0.4 is 0 Å². The zero-order chi connectivity index (χ0) is 10.1. The first-order valence-electron chi connectivity index (χ1n) is 3.92. The molecule has 14 heavy (non-hydrogen) atoms. The maximum Gasteiger partial charge on any atom is 0.148 e. The van der Waals surface area contributed by atoms with Gasteiger partial charge in [-0.1, -0.05) is 0 Å². The highest BCUT2D eigenvalue weighted by Crippen LogP contribution is 2.26. The summed E-state index contributed by atoms with van der Waals surface area (Å²) >= 11 is 3.09. The fourth-order valence-corrected chi connectivity index (χ4v) is 1.64. The summed E-state index contributed by atoms with van der Waals surface area (Å²) in [4.78, 5) is 0. The van der Waals surface area contributed by atoms with Gasteiger partial charge in [-0.3, -0.25) is 5.10 Å². The van der Waals surface area contributed by atoms with Crippen molar-refractivity contribution in [3.05, 3.63) is 28.1 Å². The van der Waals surface area contributed by atoms with E-state index in [0.717, 1.165) is 0 Å². The molecule has 1 aromatic heterocycles. The number of H-pyrrole nitrogens is 1. The first kappa shape index (κ1) is 9.16. The quantitative estimate of drug-likeness (QED) is 0.850. The molecular formula is C9H5BrFN3. The third kappa shape index (κ3) is 1.28. The molecule has 0 bridgehead atoms. The number of nitrogens with zero attached hydrogens (tertiary/aromatic N) is 2. The van der Waals surface area contributed by atoms with Crippen molar-refractivity contribution in [3.63, 3.8) is 0 Å². The average molecular weight is 254 g/mol. The van der Waals surface area contributed by atoms with E-state index in [0.29, 0.717) is 21.1 Å². The molecule has 0 aliphatic heterocycles. The minimum Gasteiger partial charge on any atom is -0.280 e. The standard InChI is InChI=1S/C9H5BrFN3/c10-5-1-2-6-8(9(5)11)7(3-4-12)14-13-6/h1-2H,3H2,(H,13,14). The van der Waals surface area contributed by atoms with Crippen LogP contribution in [0.1, 0.15) is 5.69 Å². The Bertz CT molecular complexity index is 527. The molecule has 1 aromatic carbocycles. The van der Waals surface area contributed by atoms with Gasteiger partial charge in [-0.05, 0) is 28.1 Å². The van der Waals surface area contributed by atoms with Gasteiger partial charge in [0.05, 0.1) is 33.6 Å². The van der Waals surface area contributed by atoms with E-state index in [-0.39, 0.29) is 12.2 Å². The van der Waals surface area contributed by atoms with Gasteiger partial charge in [-0.15, -0.1) is 0 Å². The molecule has 5 heteroatoms. The molecule has 0 radical (unpaired) electrons. The molecule has 0 saturated carbocycles. The molecule has 0 aliphatic rings. The van der Waals surface area contributed by atoms with Crippen LogP contribution in [-0.4, -0.2) is 10.2 Å². The molecule has 2 rings (SSSR count). The van der Waals surface area contributed by atoms with Gasteiger partial charge in [-0.25, -0.2) is 4.39 Å². The van der Waals surface area contributed by atoms with Crippen LogP contribution in [0.15, 0.2) is 16.6 Å². The van der Waals surface area contributed by atoms with Crippen LogP contribution in [0.25, 0.3) is 10.9 Å². The fourth-order valence-electron chi connectivity index (χ4n) is 1.31. The smallest absolute Gasteiger partial charge is 0.148 e. The molecule has 0 saturated heterocycles. The number of benzene rings is 1. The molecule has 0 aliphatic carbocycles. The lowest BCUT2D eigenvalue weighted by molar-refractivity contribution is 0.632. The second kappa shape index (κ2) is 3.39. The Morgan fingerprint density at radius 3 is 3.07 bits per heavy atom. The third-order valence-electron chi connectivity index (χ3n) is 1.94. The predicted octanol–water partition coefficient (Wildman–Crippen LogP) is 2.53. The first-order chi connectivity index (χ1) is 6.74. The Labute approximate surface area is 87.7 Å². The SMILES string of the molecule is N#CCc1[nH]nc2ccc(Br)c(F)c12. The van der Waals surface area contributed by atoms with E-state index in [4.69, 9.17) is 5.26 Å². The summed E-state index contributed by atoms with van der Waals surface area (Å²) in [5, 5.41) is 15.5. The number of aromatic amines is 1. The summed E-state index contributed by atoms with van der Waals surface area (Å²) in [6.45, 7) is 0. The number of hydrogen-bond donors (Lipinski definition) is 1. The lowest BCUT2D eigenvalue weighted by Gasteiger charge is -1.96. The summed E-state index contributed by atoms with van der Waals surface area (Å²) in [5.41, 5.74) is 1.05. The van der Waals surface area contributed by atoms with Gasteiger partial charge >= 0.3 is 0 Å². The zero-order valence-electron chi connectivity index (χ0n) is 7.01. The number of hydrogen-bond acceptors (Lipinski definition) is 2. The zero-order valence-corrected chi connectivity index (χ0v) is 8.60. The summed E-state index contributed by atoms with van der Waals surface area (Å²) < 4.78 is 14.0. The second-order valence-electron chi connectivity index (χ2n) is 2.79. The molecule has 0 atom stereocenters.